The van der Waals surface area contributed by atoms with E-state index in [2.05, 4.69) is 20.9 Å². The molecule has 0 saturated heterocycles. The molecule has 1 aliphatic carbocycles. The van der Waals surface area contributed by atoms with Crippen molar-refractivity contribution in [2.75, 3.05) is 43.1 Å². The van der Waals surface area contributed by atoms with Gasteiger partial charge in [-0.25, -0.2) is 4.79 Å². The van der Waals surface area contributed by atoms with Gasteiger partial charge in [-0.05, 0) is 68.8 Å². The van der Waals surface area contributed by atoms with Gasteiger partial charge < -0.3 is 36.4 Å². The zero-order valence-corrected chi connectivity index (χ0v) is 28.1. The number of carbonyl (C=O) groups excluding carboxylic acids is 3. The van der Waals surface area contributed by atoms with Crippen molar-refractivity contribution in [2.45, 2.75) is 70.7 Å². The average Bonchev–Trinajstić information content (AvgIpc) is 3.08. The zero-order chi connectivity index (χ0) is 34.2. The zero-order valence-electron chi connectivity index (χ0n) is 28.1. The number of nitrogens with zero attached hydrogens (tertiary/aromatic N) is 2. The average molecular weight is 657 g/mol. The Morgan fingerprint density at radius 1 is 1.00 bits per heavy atom. The van der Waals surface area contributed by atoms with E-state index in [0.29, 0.717) is 53.6 Å². The van der Waals surface area contributed by atoms with Gasteiger partial charge in [-0.3, -0.25) is 14.5 Å². The molecule has 2 aliphatic rings. The summed E-state index contributed by atoms with van der Waals surface area (Å²) in [6, 6.07) is 19.2. The number of nitrogens with one attached hydrogen (secondary N) is 3. The number of para-hydroxylation sites is 3. The second-order valence-corrected chi connectivity index (χ2v) is 13.2. The van der Waals surface area contributed by atoms with Crippen LogP contribution in [-0.4, -0.2) is 77.7 Å². The van der Waals surface area contributed by atoms with Crippen molar-refractivity contribution < 1.29 is 24.2 Å². The summed E-state index contributed by atoms with van der Waals surface area (Å²) in [5.74, 6) is -0.258. The Kier molecular flexibility index (Phi) is 11.6. The number of aliphatic hydroxyl groups is 1. The highest BCUT2D eigenvalue weighted by molar-refractivity contribution is 6.05. The van der Waals surface area contributed by atoms with Crippen LogP contribution >= 0.6 is 0 Å². The molecule has 3 aromatic rings. The molecule has 0 aromatic heterocycles. The minimum absolute atomic E-state index is 0.0980. The van der Waals surface area contributed by atoms with Crippen LogP contribution in [-0.2, 0) is 6.54 Å². The van der Waals surface area contributed by atoms with E-state index in [0.717, 1.165) is 31.2 Å². The molecule has 1 fully saturated rings. The molecule has 1 aliphatic heterocycles. The summed E-state index contributed by atoms with van der Waals surface area (Å²) in [6.07, 6.45) is 4.94. The minimum atomic E-state index is -0.399. The lowest BCUT2D eigenvalue weighted by Crippen LogP contribution is -2.50. The van der Waals surface area contributed by atoms with Crippen LogP contribution in [0.2, 0.25) is 0 Å². The molecule has 48 heavy (non-hydrogen) atoms. The predicted molar refractivity (Wildman–Crippen MR) is 188 cm³/mol. The van der Waals surface area contributed by atoms with E-state index >= 15 is 0 Å². The summed E-state index contributed by atoms with van der Waals surface area (Å²) in [6.45, 7) is 5.20. The number of aliphatic hydroxyl groups excluding tert-OH is 1. The van der Waals surface area contributed by atoms with E-state index in [1.807, 2.05) is 45.2 Å². The lowest BCUT2D eigenvalue weighted by Gasteiger charge is -2.38. The second kappa shape index (κ2) is 16.0. The first kappa shape index (κ1) is 34.7. The first-order valence-electron chi connectivity index (χ1n) is 16.8. The molecule has 11 nitrogen and oxygen atoms in total. The van der Waals surface area contributed by atoms with Crippen LogP contribution in [0.3, 0.4) is 0 Å². The van der Waals surface area contributed by atoms with E-state index in [9.17, 15) is 19.5 Å². The Morgan fingerprint density at radius 3 is 2.42 bits per heavy atom. The molecule has 5 rings (SSSR count). The van der Waals surface area contributed by atoms with Crippen LogP contribution in [0.5, 0.6) is 5.75 Å². The van der Waals surface area contributed by atoms with Gasteiger partial charge in [-0.1, -0.05) is 56.5 Å². The van der Waals surface area contributed by atoms with Crippen LogP contribution < -0.4 is 26.4 Å². The number of anilines is 3. The number of nitrogens with two attached hydrogens (primary N) is 1. The third-order valence-electron chi connectivity index (χ3n) is 9.25. The normalized spacial score (nSPS) is 19.0. The number of carbonyl (C=O) groups is 3. The van der Waals surface area contributed by atoms with Gasteiger partial charge in [-0.15, -0.1) is 0 Å². The monoisotopic (exact) mass is 656 g/mol. The fourth-order valence-corrected chi connectivity index (χ4v) is 6.40. The van der Waals surface area contributed by atoms with Gasteiger partial charge in [-0.2, -0.15) is 0 Å². The molecule has 11 heteroatoms. The van der Waals surface area contributed by atoms with Crippen LogP contribution in [0.25, 0.3) is 0 Å². The van der Waals surface area contributed by atoms with Gasteiger partial charge >= 0.3 is 6.03 Å². The molecule has 0 bridgehead atoms. The molecule has 1 saturated carbocycles. The van der Waals surface area contributed by atoms with E-state index in [-0.39, 0.29) is 42.5 Å². The quantitative estimate of drug-likeness (QED) is 0.185. The maximum atomic E-state index is 13.8. The number of urea groups is 1. The number of fused-ring (bicyclic) bond motifs is 1. The largest absolute Gasteiger partial charge is 0.486 e. The van der Waals surface area contributed by atoms with Crippen molar-refractivity contribution in [1.82, 2.24) is 15.1 Å². The molecule has 4 amide bonds. The molecular weight excluding hydrogens is 608 g/mol. The van der Waals surface area contributed by atoms with Crippen LogP contribution in [0.15, 0.2) is 66.7 Å². The Labute approximate surface area is 282 Å². The number of hydrogen-bond donors (Lipinski definition) is 5. The molecule has 0 spiro atoms. The van der Waals surface area contributed by atoms with E-state index < -0.39 is 6.04 Å². The summed E-state index contributed by atoms with van der Waals surface area (Å²) in [4.78, 5) is 43.5. The minimum Gasteiger partial charge on any atom is -0.486 e. The number of ether oxygens (including phenoxy) is 1. The van der Waals surface area contributed by atoms with Crippen molar-refractivity contribution >= 4 is 34.9 Å². The summed E-state index contributed by atoms with van der Waals surface area (Å²) >= 11 is 0. The van der Waals surface area contributed by atoms with Crippen molar-refractivity contribution in [1.29, 1.82) is 0 Å². The molecule has 6 N–H and O–H groups in total. The number of benzene rings is 3. The van der Waals surface area contributed by atoms with Crippen LogP contribution in [0.1, 0.15) is 72.2 Å². The number of nitrogen functional groups attached to an aromatic ring is 1. The van der Waals surface area contributed by atoms with Crippen molar-refractivity contribution in [3.05, 3.63) is 83.4 Å². The van der Waals surface area contributed by atoms with Gasteiger partial charge in [0.2, 0.25) is 0 Å². The third kappa shape index (κ3) is 8.64. The first-order valence-corrected chi connectivity index (χ1v) is 16.8. The number of amides is 4. The second-order valence-electron chi connectivity index (χ2n) is 13.2. The fourth-order valence-electron chi connectivity index (χ4n) is 6.40. The fraction of sp³-hybridized carbons (Fsp3) is 0.432. The highest BCUT2D eigenvalue weighted by atomic mass is 16.5. The van der Waals surface area contributed by atoms with Gasteiger partial charge in [0.05, 0.1) is 35.3 Å². The highest BCUT2D eigenvalue weighted by Crippen LogP contribution is 2.35. The SMILES string of the molecule is C[C@H](CO)N1C[C@H](C)[C@H](CN(C)Cc2ccc(C(=O)Nc3ccccc3N)cc2)Oc2c(NC(=O)NC3CCCCC3)cccc2C1=O. The molecular formula is C37H48N6O5. The summed E-state index contributed by atoms with van der Waals surface area (Å²) in [7, 11) is 2.00. The molecule has 0 unspecified atom stereocenters. The van der Waals surface area contributed by atoms with Gasteiger partial charge in [0.15, 0.2) is 5.75 Å². The van der Waals surface area contributed by atoms with E-state index in [4.69, 9.17) is 10.5 Å². The molecule has 256 valence electrons. The summed E-state index contributed by atoms with van der Waals surface area (Å²) < 4.78 is 6.67. The first-order chi connectivity index (χ1) is 23.1. The van der Waals surface area contributed by atoms with Gasteiger partial charge in [0, 0.05) is 37.2 Å². The Bertz CT molecular complexity index is 1570. The number of likely N-dealkylation sites (N-methyl/N-ethyl adjacent to an activating group) is 1. The Morgan fingerprint density at radius 2 is 1.71 bits per heavy atom. The van der Waals surface area contributed by atoms with Crippen molar-refractivity contribution in [3.63, 3.8) is 0 Å². The van der Waals surface area contributed by atoms with Gasteiger partial charge in [0.25, 0.3) is 11.8 Å². The molecule has 3 aromatic carbocycles. The molecule has 0 radical (unpaired) electrons. The predicted octanol–water partition coefficient (Wildman–Crippen LogP) is 5.33. The Balaban J connectivity index is 1.31. The summed E-state index contributed by atoms with van der Waals surface area (Å²) in [5.41, 5.74) is 9.35. The smallest absolute Gasteiger partial charge is 0.319 e. The number of hydrogen-bond acceptors (Lipinski definition) is 7. The summed E-state index contributed by atoms with van der Waals surface area (Å²) in [5, 5.41) is 18.9. The van der Waals surface area contributed by atoms with Crippen molar-refractivity contribution in [2.24, 2.45) is 5.92 Å². The maximum Gasteiger partial charge on any atom is 0.319 e. The van der Waals surface area contributed by atoms with Crippen molar-refractivity contribution in [3.8, 4) is 5.75 Å². The van der Waals surface area contributed by atoms with Crippen LogP contribution in [0, 0.1) is 5.92 Å². The Hall–Kier alpha value is -4.61. The van der Waals surface area contributed by atoms with Gasteiger partial charge in [0.1, 0.15) is 6.10 Å². The number of rotatable bonds is 10. The third-order valence-corrected chi connectivity index (χ3v) is 9.25. The lowest BCUT2D eigenvalue weighted by atomic mass is 9.96. The van der Waals surface area contributed by atoms with E-state index in [1.165, 1.54) is 6.42 Å². The molecule has 3 atom stereocenters. The standard InChI is InChI=1S/C37H48N6O5/c1-24-20-43(25(2)23-44)36(46)29-12-9-15-32(41-37(47)39-28-10-5-4-6-11-28)34(29)48-33(24)22-42(3)21-26-16-18-27(19-17-26)35(45)40-31-14-8-7-13-30(31)38/h7-9,12-19,24-25,28,33,44H,4-6,10-11,20-23,38H2,1-3H3,(H,40,45)(H2,39,41,47)/t24-,25+,33-/m0/s1. The van der Waals surface area contributed by atoms with Crippen LogP contribution in [0.4, 0.5) is 21.9 Å². The molecule has 1 heterocycles. The lowest BCUT2D eigenvalue weighted by molar-refractivity contribution is 0.0343. The highest BCUT2D eigenvalue weighted by Gasteiger charge is 2.34. The maximum absolute atomic E-state index is 13.8. The van der Waals surface area contributed by atoms with E-state index in [1.54, 1.807) is 47.4 Å². The topological polar surface area (TPSA) is 149 Å².